The monoisotopic (exact) mass is 305 g/mol. The van der Waals surface area contributed by atoms with E-state index in [1.165, 1.54) is 0 Å². The highest BCUT2D eigenvalue weighted by Gasteiger charge is 2.13. The van der Waals surface area contributed by atoms with Crippen molar-refractivity contribution < 1.29 is 4.39 Å². The van der Waals surface area contributed by atoms with Crippen molar-refractivity contribution >= 4 is 11.6 Å². The van der Waals surface area contributed by atoms with Gasteiger partial charge in [-0.25, -0.2) is 4.39 Å². The van der Waals surface area contributed by atoms with E-state index >= 15 is 0 Å². The first-order chi connectivity index (χ1) is 10.0. The molecule has 0 fully saturated rings. The second kappa shape index (κ2) is 7.06. The summed E-state index contributed by atoms with van der Waals surface area (Å²) in [4.78, 5) is 0. The Morgan fingerprint density at radius 2 is 1.90 bits per heavy atom. The summed E-state index contributed by atoms with van der Waals surface area (Å²) >= 11 is 6.10. The summed E-state index contributed by atoms with van der Waals surface area (Å²) in [5.74, 6) is -0.174. The predicted octanol–water partition coefficient (Wildman–Crippen LogP) is 5.26. The Bertz CT molecular complexity index is 614. The van der Waals surface area contributed by atoms with Crippen molar-refractivity contribution in [1.29, 1.82) is 0 Å². The first kappa shape index (κ1) is 16.0. The Labute approximate surface area is 131 Å². The van der Waals surface area contributed by atoms with Gasteiger partial charge in [0.25, 0.3) is 0 Å². The lowest BCUT2D eigenvalue weighted by Gasteiger charge is -2.15. The molecular weight excluding hydrogens is 285 g/mol. The van der Waals surface area contributed by atoms with Crippen molar-refractivity contribution in [3.8, 4) is 11.1 Å². The fraction of sp³-hybridized carbons (Fsp3) is 0.333. The minimum absolute atomic E-state index is 0.174. The number of nitrogens with one attached hydrogen (secondary N) is 1. The molecule has 21 heavy (non-hydrogen) atoms. The number of rotatable bonds is 5. The average Bonchev–Trinajstić information content (AvgIpc) is 2.40. The van der Waals surface area contributed by atoms with Gasteiger partial charge in [-0.05, 0) is 67.3 Å². The molecule has 0 spiro atoms. The zero-order valence-corrected chi connectivity index (χ0v) is 13.5. The minimum atomic E-state index is -0.174. The first-order valence-corrected chi connectivity index (χ1v) is 7.67. The summed E-state index contributed by atoms with van der Waals surface area (Å²) < 4.78 is 14.4. The lowest BCUT2D eigenvalue weighted by Crippen LogP contribution is -2.14. The fourth-order valence-corrected chi connectivity index (χ4v) is 2.80. The van der Waals surface area contributed by atoms with Crippen molar-refractivity contribution in [3.63, 3.8) is 0 Å². The molecule has 0 aliphatic rings. The first-order valence-electron chi connectivity index (χ1n) is 7.29. The van der Waals surface area contributed by atoms with Gasteiger partial charge in [-0.1, -0.05) is 30.7 Å². The number of benzene rings is 2. The quantitative estimate of drug-likeness (QED) is 0.743. The Hall–Kier alpha value is -1.38. The summed E-state index contributed by atoms with van der Waals surface area (Å²) in [6.45, 7) is 7.60. The summed E-state index contributed by atoms with van der Waals surface area (Å²) in [6, 6.07) is 9.24. The van der Waals surface area contributed by atoms with E-state index in [4.69, 9.17) is 11.6 Å². The summed E-state index contributed by atoms with van der Waals surface area (Å²) in [5, 5.41) is 4.04. The van der Waals surface area contributed by atoms with E-state index in [1.54, 1.807) is 6.07 Å². The minimum Gasteiger partial charge on any atom is -0.313 e. The van der Waals surface area contributed by atoms with Gasteiger partial charge in [0.05, 0.1) is 0 Å². The lowest BCUT2D eigenvalue weighted by atomic mass is 9.94. The topological polar surface area (TPSA) is 12.0 Å². The number of halogens is 2. The molecule has 2 aromatic carbocycles. The van der Waals surface area contributed by atoms with E-state index in [9.17, 15) is 4.39 Å². The van der Waals surface area contributed by atoms with E-state index in [0.29, 0.717) is 17.1 Å². The standard InChI is InChI=1S/C18H21ClFN/c1-4-7-21-11-14-10-15(19)5-6-16(14)18-13(3)8-12(2)9-17(18)20/h5-6,8-10,21H,4,7,11H2,1-3H3. The SMILES string of the molecule is CCCNCc1cc(Cl)ccc1-c1c(C)cc(C)cc1F. The van der Waals surface area contributed by atoms with Crippen LogP contribution in [-0.2, 0) is 6.54 Å². The van der Waals surface area contributed by atoms with Crippen LogP contribution >= 0.6 is 11.6 Å². The molecule has 0 aromatic heterocycles. The van der Waals surface area contributed by atoms with Crippen LogP contribution in [0.1, 0.15) is 30.0 Å². The van der Waals surface area contributed by atoms with Gasteiger partial charge in [0.15, 0.2) is 0 Å². The van der Waals surface area contributed by atoms with Crippen LogP contribution < -0.4 is 5.32 Å². The maximum Gasteiger partial charge on any atom is 0.131 e. The summed E-state index contributed by atoms with van der Waals surface area (Å²) in [5.41, 5.74) is 4.50. The van der Waals surface area contributed by atoms with Crippen molar-refractivity contribution in [3.05, 3.63) is 57.9 Å². The zero-order chi connectivity index (χ0) is 15.4. The molecule has 3 heteroatoms. The maximum atomic E-state index is 14.4. The van der Waals surface area contributed by atoms with Crippen LogP contribution in [0.2, 0.25) is 5.02 Å². The number of hydrogen-bond donors (Lipinski definition) is 1. The maximum absolute atomic E-state index is 14.4. The molecule has 2 aromatic rings. The van der Waals surface area contributed by atoms with Gasteiger partial charge >= 0.3 is 0 Å². The van der Waals surface area contributed by atoms with E-state index in [2.05, 4.69) is 12.2 Å². The van der Waals surface area contributed by atoms with Gasteiger partial charge in [0.1, 0.15) is 5.82 Å². The van der Waals surface area contributed by atoms with Crippen molar-refractivity contribution in [2.75, 3.05) is 6.54 Å². The van der Waals surface area contributed by atoms with Gasteiger partial charge in [0, 0.05) is 17.1 Å². The van der Waals surface area contributed by atoms with Gasteiger partial charge in [0.2, 0.25) is 0 Å². The molecule has 112 valence electrons. The highest BCUT2D eigenvalue weighted by atomic mass is 35.5. The lowest BCUT2D eigenvalue weighted by molar-refractivity contribution is 0.628. The second-order valence-corrected chi connectivity index (χ2v) is 5.85. The van der Waals surface area contributed by atoms with E-state index < -0.39 is 0 Å². The third-order valence-electron chi connectivity index (χ3n) is 3.51. The Balaban J connectivity index is 2.48. The van der Waals surface area contributed by atoms with E-state index in [-0.39, 0.29) is 5.82 Å². The molecule has 0 aliphatic carbocycles. The van der Waals surface area contributed by atoms with Gasteiger partial charge < -0.3 is 5.32 Å². The smallest absolute Gasteiger partial charge is 0.131 e. The molecule has 0 saturated heterocycles. The number of aryl methyl sites for hydroxylation is 2. The molecule has 1 nitrogen and oxygen atoms in total. The molecular formula is C18H21ClFN. The van der Waals surface area contributed by atoms with Crippen molar-refractivity contribution in [2.24, 2.45) is 0 Å². The largest absolute Gasteiger partial charge is 0.313 e. The van der Waals surface area contributed by atoms with Crippen molar-refractivity contribution in [1.82, 2.24) is 5.32 Å². The Kier molecular flexibility index (Phi) is 5.38. The third kappa shape index (κ3) is 3.84. The Morgan fingerprint density at radius 3 is 2.57 bits per heavy atom. The van der Waals surface area contributed by atoms with Gasteiger partial charge in [-0.15, -0.1) is 0 Å². The fourth-order valence-electron chi connectivity index (χ4n) is 2.61. The highest BCUT2D eigenvalue weighted by molar-refractivity contribution is 6.30. The van der Waals surface area contributed by atoms with Gasteiger partial charge in [-0.3, -0.25) is 0 Å². The predicted molar refractivity (Wildman–Crippen MR) is 88.3 cm³/mol. The summed E-state index contributed by atoms with van der Waals surface area (Å²) in [6.07, 6.45) is 1.06. The normalized spacial score (nSPS) is 10.9. The molecule has 0 unspecified atom stereocenters. The van der Waals surface area contributed by atoms with Crippen LogP contribution in [-0.4, -0.2) is 6.54 Å². The average molecular weight is 306 g/mol. The molecule has 2 rings (SSSR count). The van der Waals surface area contributed by atoms with Gasteiger partial charge in [-0.2, -0.15) is 0 Å². The van der Waals surface area contributed by atoms with Crippen LogP contribution in [0.3, 0.4) is 0 Å². The molecule has 0 bridgehead atoms. The zero-order valence-electron chi connectivity index (χ0n) is 12.8. The molecule has 1 N–H and O–H groups in total. The van der Waals surface area contributed by atoms with Crippen LogP contribution in [0.15, 0.2) is 30.3 Å². The highest BCUT2D eigenvalue weighted by Crippen LogP contribution is 2.32. The number of hydrogen-bond acceptors (Lipinski definition) is 1. The Morgan fingerprint density at radius 1 is 1.14 bits per heavy atom. The van der Waals surface area contributed by atoms with E-state index in [0.717, 1.165) is 35.2 Å². The molecule has 0 atom stereocenters. The van der Waals surface area contributed by atoms with Crippen LogP contribution in [0.4, 0.5) is 4.39 Å². The van der Waals surface area contributed by atoms with Crippen LogP contribution in [0.5, 0.6) is 0 Å². The van der Waals surface area contributed by atoms with E-state index in [1.807, 2.05) is 38.1 Å². The molecule has 0 aliphatic heterocycles. The second-order valence-electron chi connectivity index (χ2n) is 5.42. The molecule has 0 saturated carbocycles. The van der Waals surface area contributed by atoms with Crippen LogP contribution in [0.25, 0.3) is 11.1 Å². The van der Waals surface area contributed by atoms with Crippen LogP contribution in [0, 0.1) is 19.7 Å². The summed E-state index contributed by atoms with van der Waals surface area (Å²) in [7, 11) is 0. The van der Waals surface area contributed by atoms with Crippen molar-refractivity contribution in [2.45, 2.75) is 33.7 Å². The molecule has 0 heterocycles. The third-order valence-corrected chi connectivity index (χ3v) is 3.75. The molecule has 0 radical (unpaired) electrons. The molecule has 0 amide bonds.